The third kappa shape index (κ3) is 8.21. The quantitative estimate of drug-likeness (QED) is 0.239. The minimum atomic E-state index is 0. The number of hydrogen-bond donors (Lipinski definition) is 1. The van der Waals surface area contributed by atoms with Crippen molar-refractivity contribution in [3.8, 4) is 0 Å². The number of nitrogens with zero attached hydrogens (tertiary/aromatic N) is 3. The van der Waals surface area contributed by atoms with E-state index in [0.717, 1.165) is 70.9 Å². The molecule has 2 heterocycles. The molecule has 0 aliphatic carbocycles. The number of piperidine rings is 1. The molecule has 1 fully saturated rings. The lowest BCUT2D eigenvalue weighted by Gasteiger charge is -2.34. The van der Waals surface area contributed by atoms with Gasteiger partial charge in [0.15, 0.2) is 5.96 Å². The van der Waals surface area contributed by atoms with Crippen molar-refractivity contribution < 1.29 is 9.47 Å². The normalized spacial score (nSPS) is 15.7. The average molecular weight is 510 g/mol. The monoisotopic (exact) mass is 510 g/mol. The number of aryl methyl sites for hydroxylation is 2. The van der Waals surface area contributed by atoms with E-state index < -0.39 is 0 Å². The van der Waals surface area contributed by atoms with Crippen LogP contribution in [0.15, 0.2) is 4.99 Å². The number of hydrogen-bond acceptors (Lipinski definition) is 5. The van der Waals surface area contributed by atoms with Gasteiger partial charge in [-0.3, -0.25) is 4.99 Å². The SMILES string of the molecule is CCc1nc(CCNC(=NC)N2CCC(OCCCOC)CC2)sc1C.I. The Kier molecular flexibility index (Phi) is 12.5. The minimum Gasteiger partial charge on any atom is -0.385 e. The van der Waals surface area contributed by atoms with Crippen LogP contribution in [-0.2, 0) is 22.3 Å². The van der Waals surface area contributed by atoms with Gasteiger partial charge >= 0.3 is 0 Å². The van der Waals surface area contributed by atoms with Crippen LogP contribution in [0.25, 0.3) is 0 Å². The van der Waals surface area contributed by atoms with Crippen LogP contribution in [0.3, 0.4) is 0 Å². The van der Waals surface area contributed by atoms with E-state index in [1.165, 1.54) is 15.6 Å². The van der Waals surface area contributed by atoms with Crippen molar-refractivity contribution in [2.24, 2.45) is 4.99 Å². The molecule has 0 bridgehead atoms. The van der Waals surface area contributed by atoms with Crippen LogP contribution in [-0.4, -0.2) is 69.0 Å². The molecule has 27 heavy (non-hydrogen) atoms. The van der Waals surface area contributed by atoms with Crippen LogP contribution < -0.4 is 5.32 Å². The number of thiazole rings is 1. The first kappa shape index (κ1) is 24.6. The average Bonchev–Trinajstić information content (AvgIpc) is 3.03. The summed E-state index contributed by atoms with van der Waals surface area (Å²) in [6.07, 6.45) is 5.41. The maximum Gasteiger partial charge on any atom is 0.193 e. The summed E-state index contributed by atoms with van der Waals surface area (Å²) in [6.45, 7) is 8.74. The highest BCUT2D eigenvalue weighted by atomic mass is 127. The summed E-state index contributed by atoms with van der Waals surface area (Å²) in [5, 5.41) is 4.71. The lowest BCUT2D eigenvalue weighted by Crippen LogP contribution is -2.47. The molecule has 0 aromatic carbocycles. The van der Waals surface area contributed by atoms with Gasteiger partial charge in [-0.2, -0.15) is 0 Å². The molecule has 1 aliphatic heterocycles. The van der Waals surface area contributed by atoms with Gasteiger partial charge in [0, 0.05) is 58.3 Å². The van der Waals surface area contributed by atoms with E-state index in [0.29, 0.717) is 6.10 Å². The predicted molar refractivity (Wildman–Crippen MR) is 124 cm³/mol. The standard InChI is InChI=1S/C19H34N4O2S.HI/c1-5-17-15(2)26-18(22-17)7-10-21-19(20-3)23-11-8-16(9-12-23)25-14-6-13-24-4;/h16H,5-14H2,1-4H3,(H,20,21);1H. The summed E-state index contributed by atoms with van der Waals surface area (Å²) < 4.78 is 11.0. The lowest BCUT2D eigenvalue weighted by atomic mass is 10.1. The number of aliphatic imine (C=N–C) groups is 1. The first-order valence-corrected chi connectivity index (χ1v) is 10.5. The number of nitrogens with one attached hydrogen (secondary N) is 1. The topological polar surface area (TPSA) is 59.0 Å². The van der Waals surface area contributed by atoms with Crippen molar-refractivity contribution in [1.82, 2.24) is 15.2 Å². The molecular weight excluding hydrogens is 475 g/mol. The molecule has 6 nitrogen and oxygen atoms in total. The minimum absolute atomic E-state index is 0. The number of rotatable bonds is 9. The third-order valence-corrected chi connectivity index (χ3v) is 5.77. The van der Waals surface area contributed by atoms with Gasteiger partial charge in [0.25, 0.3) is 0 Å². The van der Waals surface area contributed by atoms with Gasteiger partial charge in [-0.1, -0.05) is 6.92 Å². The van der Waals surface area contributed by atoms with E-state index >= 15 is 0 Å². The predicted octanol–water partition coefficient (Wildman–Crippen LogP) is 3.27. The second-order valence-corrected chi connectivity index (χ2v) is 7.88. The molecule has 156 valence electrons. The zero-order chi connectivity index (χ0) is 18.8. The summed E-state index contributed by atoms with van der Waals surface area (Å²) >= 11 is 1.82. The van der Waals surface area contributed by atoms with E-state index in [4.69, 9.17) is 14.5 Å². The highest BCUT2D eigenvalue weighted by Gasteiger charge is 2.21. The van der Waals surface area contributed by atoms with Gasteiger partial charge in [0.05, 0.1) is 16.8 Å². The molecule has 0 unspecified atom stereocenters. The van der Waals surface area contributed by atoms with Crippen LogP contribution in [0.1, 0.15) is 41.8 Å². The van der Waals surface area contributed by atoms with E-state index in [1.807, 2.05) is 18.4 Å². The fourth-order valence-corrected chi connectivity index (χ4v) is 4.24. The van der Waals surface area contributed by atoms with Crippen LogP contribution in [0, 0.1) is 6.92 Å². The Morgan fingerprint density at radius 2 is 2.07 bits per heavy atom. The van der Waals surface area contributed by atoms with Crippen LogP contribution in [0.2, 0.25) is 0 Å². The molecule has 1 aromatic heterocycles. The van der Waals surface area contributed by atoms with Crippen LogP contribution >= 0.6 is 35.3 Å². The van der Waals surface area contributed by atoms with Crippen molar-refractivity contribution in [3.05, 3.63) is 15.6 Å². The van der Waals surface area contributed by atoms with Gasteiger partial charge in [0.2, 0.25) is 0 Å². The summed E-state index contributed by atoms with van der Waals surface area (Å²) in [5.74, 6) is 0.992. The summed E-state index contributed by atoms with van der Waals surface area (Å²) in [7, 11) is 3.59. The van der Waals surface area contributed by atoms with Crippen molar-refractivity contribution in [3.63, 3.8) is 0 Å². The van der Waals surface area contributed by atoms with Gasteiger partial charge in [-0.05, 0) is 32.6 Å². The zero-order valence-electron chi connectivity index (χ0n) is 17.1. The Labute approximate surface area is 185 Å². The van der Waals surface area contributed by atoms with E-state index in [9.17, 15) is 0 Å². The second-order valence-electron chi connectivity index (χ2n) is 6.59. The van der Waals surface area contributed by atoms with Gasteiger partial charge < -0.3 is 19.7 Å². The Bertz CT molecular complexity index is 560. The van der Waals surface area contributed by atoms with Gasteiger partial charge in [-0.25, -0.2) is 4.98 Å². The van der Waals surface area contributed by atoms with Crippen LogP contribution in [0.4, 0.5) is 0 Å². The summed E-state index contributed by atoms with van der Waals surface area (Å²) in [5.41, 5.74) is 1.24. The molecule has 0 saturated carbocycles. The Balaban J connectivity index is 0.00000364. The van der Waals surface area contributed by atoms with E-state index in [-0.39, 0.29) is 24.0 Å². The van der Waals surface area contributed by atoms with Crippen molar-refractivity contribution in [2.75, 3.05) is 47.0 Å². The van der Waals surface area contributed by atoms with E-state index in [2.05, 4.69) is 29.1 Å². The Morgan fingerprint density at radius 1 is 1.33 bits per heavy atom. The molecule has 1 aromatic rings. The highest BCUT2D eigenvalue weighted by Crippen LogP contribution is 2.18. The van der Waals surface area contributed by atoms with Crippen molar-refractivity contribution in [1.29, 1.82) is 0 Å². The number of likely N-dealkylation sites (tertiary alicyclic amines) is 1. The Hall–Kier alpha value is -0.450. The van der Waals surface area contributed by atoms with Gasteiger partial charge in [-0.15, -0.1) is 35.3 Å². The van der Waals surface area contributed by atoms with Crippen molar-refractivity contribution in [2.45, 2.75) is 52.1 Å². The highest BCUT2D eigenvalue weighted by molar-refractivity contribution is 14.0. The fraction of sp³-hybridized carbons (Fsp3) is 0.789. The molecule has 0 atom stereocenters. The number of ether oxygens (including phenoxy) is 2. The van der Waals surface area contributed by atoms with E-state index in [1.54, 1.807) is 7.11 Å². The largest absolute Gasteiger partial charge is 0.385 e. The molecule has 1 aliphatic rings. The number of methoxy groups -OCH3 is 1. The molecule has 0 radical (unpaired) electrons. The maximum absolute atomic E-state index is 5.94. The molecular formula is C19H35IN4O2S. The first-order valence-electron chi connectivity index (χ1n) is 9.69. The summed E-state index contributed by atoms with van der Waals surface area (Å²) in [6, 6.07) is 0. The molecule has 0 amide bonds. The Morgan fingerprint density at radius 3 is 2.67 bits per heavy atom. The number of aromatic nitrogens is 1. The maximum atomic E-state index is 5.94. The molecule has 1 saturated heterocycles. The lowest BCUT2D eigenvalue weighted by molar-refractivity contribution is 0.00992. The zero-order valence-corrected chi connectivity index (χ0v) is 20.3. The molecule has 1 N–H and O–H groups in total. The molecule has 8 heteroatoms. The first-order chi connectivity index (χ1) is 12.7. The third-order valence-electron chi connectivity index (χ3n) is 4.69. The molecule has 2 rings (SSSR count). The fourth-order valence-electron chi connectivity index (χ4n) is 3.22. The molecule has 0 spiro atoms. The van der Waals surface area contributed by atoms with Gasteiger partial charge in [0.1, 0.15) is 0 Å². The number of halogens is 1. The second kappa shape index (κ2) is 13.7. The van der Waals surface area contributed by atoms with Crippen molar-refractivity contribution >= 4 is 41.3 Å². The number of guanidine groups is 1. The summed E-state index contributed by atoms with van der Waals surface area (Å²) in [4.78, 5) is 12.8. The smallest absolute Gasteiger partial charge is 0.193 e. The van der Waals surface area contributed by atoms with Crippen LogP contribution in [0.5, 0.6) is 0 Å².